The van der Waals surface area contributed by atoms with E-state index in [9.17, 15) is 4.79 Å². The van der Waals surface area contributed by atoms with Gasteiger partial charge in [-0.1, -0.05) is 0 Å². The first-order chi connectivity index (χ1) is 10.5. The molecule has 2 heterocycles. The first-order valence-electron chi connectivity index (χ1n) is 7.07. The Morgan fingerprint density at radius 3 is 2.91 bits per heavy atom. The number of methoxy groups -OCH3 is 1. The van der Waals surface area contributed by atoms with Crippen LogP contribution in [0, 0.1) is 6.92 Å². The Morgan fingerprint density at radius 2 is 2.27 bits per heavy atom. The maximum Gasteiger partial charge on any atom is 0.320 e. The number of hydrogen-bond acceptors (Lipinski definition) is 4. The smallest absolute Gasteiger partial charge is 0.320 e. The number of rotatable bonds is 6. The molecule has 2 rings (SSSR count). The number of carbonyl (C=O) groups is 1. The lowest BCUT2D eigenvalue weighted by Crippen LogP contribution is -2.28. The Hall–Kier alpha value is -2.35. The number of aryl methyl sites for hydroxylation is 1. The average molecular weight is 306 g/mol. The molecule has 2 N–H and O–H groups in total. The van der Waals surface area contributed by atoms with E-state index in [0.717, 1.165) is 11.3 Å². The van der Waals surface area contributed by atoms with Crippen molar-refractivity contribution in [1.29, 1.82) is 0 Å². The molecule has 2 aromatic rings. The van der Waals surface area contributed by atoms with Crippen molar-refractivity contribution in [2.45, 2.75) is 26.4 Å². The number of urea groups is 1. The molecule has 2 aromatic heterocycles. The molecule has 2 amide bonds. The third kappa shape index (κ3) is 3.85. The number of anilines is 1. The number of aromatic nitrogens is 4. The molecule has 0 radical (unpaired) electrons. The minimum absolute atomic E-state index is 0.113. The zero-order chi connectivity index (χ0) is 16.1. The number of nitrogens with one attached hydrogen (secondary N) is 2. The fourth-order valence-corrected chi connectivity index (χ4v) is 2.02. The molecule has 0 aliphatic rings. The molecule has 0 aliphatic carbocycles. The van der Waals surface area contributed by atoms with Gasteiger partial charge in [0.25, 0.3) is 0 Å². The van der Waals surface area contributed by atoms with Crippen molar-refractivity contribution >= 4 is 11.8 Å². The average Bonchev–Trinajstić information content (AvgIpc) is 3.06. The fraction of sp³-hybridized carbons (Fsp3) is 0.500. The molecule has 0 saturated carbocycles. The Labute approximate surface area is 129 Å². The van der Waals surface area contributed by atoms with Gasteiger partial charge in [0.1, 0.15) is 0 Å². The number of ether oxygens (including phenoxy) is 1. The number of carbonyl (C=O) groups excluding carboxylic acids is 1. The SMILES string of the molecule is COCC(C)n1ccc(NC(=O)NCc2cnn(C)c2C)n1. The second kappa shape index (κ2) is 7.08. The highest BCUT2D eigenvalue weighted by molar-refractivity contribution is 5.88. The van der Waals surface area contributed by atoms with Gasteiger partial charge in [-0.2, -0.15) is 10.2 Å². The molecular weight excluding hydrogens is 284 g/mol. The second-order valence-electron chi connectivity index (χ2n) is 5.17. The van der Waals surface area contributed by atoms with Crippen LogP contribution in [0.4, 0.5) is 10.6 Å². The molecule has 120 valence electrons. The van der Waals surface area contributed by atoms with Crippen LogP contribution >= 0.6 is 0 Å². The standard InChI is InChI=1S/C14H22N6O2/c1-10(9-22-4)20-6-5-13(18-20)17-14(21)15-7-12-8-16-19(3)11(12)2/h5-6,8,10H,7,9H2,1-4H3,(H2,15,17,18,21). The third-order valence-electron chi connectivity index (χ3n) is 3.49. The van der Waals surface area contributed by atoms with Gasteiger partial charge in [-0.3, -0.25) is 14.7 Å². The van der Waals surface area contributed by atoms with E-state index in [1.54, 1.807) is 28.7 Å². The van der Waals surface area contributed by atoms with E-state index >= 15 is 0 Å². The van der Waals surface area contributed by atoms with Gasteiger partial charge < -0.3 is 10.1 Å². The number of hydrogen-bond donors (Lipinski definition) is 2. The van der Waals surface area contributed by atoms with Crippen molar-refractivity contribution in [3.63, 3.8) is 0 Å². The zero-order valence-corrected chi connectivity index (χ0v) is 13.3. The van der Waals surface area contributed by atoms with E-state index in [1.807, 2.05) is 27.1 Å². The predicted molar refractivity (Wildman–Crippen MR) is 82.6 cm³/mol. The van der Waals surface area contributed by atoms with E-state index in [1.165, 1.54) is 0 Å². The highest BCUT2D eigenvalue weighted by atomic mass is 16.5. The number of nitrogens with zero attached hydrogens (tertiary/aromatic N) is 4. The van der Waals surface area contributed by atoms with Crippen LogP contribution in [0.15, 0.2) is 18.5 Å². The first kappa shape index (κ1) is 16.0. The van der Waals surface area contributed by atoms with Crippen LogP contribution in [0.1, 0.15) is 24.2 Å². The monoisotopic (exact) mass is 306 g/mol. The van der Waals surface area contributed by atoms with Gasteiger partial charge >= 0.3 is 6.03 Å². The summed E-state index contributed by atoms with van der Waals surface area (Å²) in [5.41, 5.74) is 2.01. The minimum atomic E-state index is -0.298. The van der Waals surface area contributed by atoms with E-state index < -0.39 is 0 Å². The van der Waals surface area contributed by atoms with Crippen molar-refractivity contribution in [2.75, 3.05) is 19.0 Å². The zero-order valence-electron chi connectivity index (χ0n) is 13.3. The fourth-order valence-electron chi connectivity index (χ4n) is 2.02. The van der Waals surface area contributed by atoms with Crippen LogP contribution in [0.3, 0.4) is 0 Å². The first-order valence-corrected chi connectivity index (χ1v) is 7.07. The molecule has 22 heavy (non-hydrogen) atoms. The van der Waals surface area contributed by atoms with Gasteiger partial charge in [0.2, 0.25) is 0 Å². The van der Waals surface area contributed by atoms with Crippen LogP contribution in [0.2, 0.25) is 0 Å². The topological polar surface area (TPSA) is 86.0 Å². The van der Waals surface area contributed by atoms with Crippen LogP contribution in [-0.2, 0) is 18.3 Å². The quantitative estimate of drug-likeness (QED) is 0.846. The van der Waals surface area contributed by atoms with Gasteiger partial charge in [-0.25, -0.2) is 4.79 Å². The molecule has 0 spiro atoms. The highest BCUT2D eigenvalue weighted by Gasteiger charge is 2.10. The van der Waals surface area contributed by atoms with Crippen molar-refractivity contribution in [2.24, 2.45) is 7.05 Å². The van der Waals surface area contributed by atoms with Crippen molar-refractivity contribution in [3.05, 3.63) is 29.7 Å². The molecule has 0 saturated heterocycles. The van der Waals surface area contributed by atoms with Crippen LogP contribution in [-0.4, -0.2) is 39.3 Å². The summed E-state index contributed by atoms with van der Waals surface area (Å²) in [6.45, 7) is 4.94. The molecule has 1 unspecified atom stereocenters. The molecule has 8 nitrogen and oxygen atoms in total. The Morgan fingerprint density at radius 1 is 1.50 bits per heavy atom. The summed E-state index contributed by atoms with van der Waals surface area (Å²) in [5, 5.41) is 13.9. The molecule has 1 atom stereocenters. The second-order valence-corrected chi connectivity index (χ2v) is 5.17. The van der Waals surface area contributed by atoms with E-state index in [0.29, 0.717) is 19.0 Å². The molecule has 8 heteroatoms. The lowest BCUT2D eigenvalue weighted by atomic mass is 10.2. The molecule has 0 bridgehead atoms. The summed E-state index contributed by atoms with van der Waals surface area (Å²) in [7, 11) is 3.51. The van der Waals surface area contributed by atoms with Gasteiger partial charge in [0, 0.05) is 44.2 Å². The minimum Gasteiger partial charge on any atom is -0.382 e. The summed E-state index contributed by atoms with van der Waals surface area (Å²) in [6, 6.07) is 1.57. The largest absolute Gasteiger partial charge is 0.382 e. The summed E-state index contributed by atoms with van der Waals surface area (Å²) >= 11 is 0. The van der Waals surface area contributed by atoms with Crippen molar-refractivity contribution in [1.82, 2.24) is 24.9 Å². The normalized spacial score (nSPS) is 12.2. The summed E-state index contributed by atoms with van der Waals surface area (Å²) in [6.07, 6.45) is 3.56. The van der Waals surface area contributed by atoms with Crippen LogP contribution in [0.25, 0.3) is 0 Å². The van der Waals surface area contributed by atoms with E-state index in [-0.39, 0.29) is 12.1 Å². The van der Waals surface area contributed by atoms with Gasteiger partial charge in [0.05, 0.1) is 18.8 Å². The Kier molecular flexibility index (Phi) is 5.16. The molecular formula is C14H22N6O2. The molecule has 0 aromatic carbocycles. The lowest BCUT2D eigenvalue weighted by Gasteiger charge is -2.10. The summed E-state index contributed by atoms with van der Waals surface area (Å²) < 4.78 is 8.61. The van der Waals surface area contributed by atoms with E-state index in [4.69, 9.17) is 4.74 Å². The Bertz CT molecular complexity index is 633. The lowest BCUT2D eigenvalue weighted by molar-refractivity contribution is 0.157. The number of amides is 2. The van der Waals surface area contributed by atoms with Gasteiger partial charge in [0.15, 0.2) is 5.82 Å². The molecule has 0 aliphatic heterocycles. The predicted octanol–water partition coefficient (Wildman–Crippen LogP) is 1.45. The molecule has 0 fully saturated rings. The third-order valence-corrected chi connectivity index (χ3v) is 3.49. The summed E-state index contributed by atoms with van der Waals surface area (Å²) in [5.74, 6) is 0.503. The maximum atomic E-state index is 11.9. The van der Waals surface area contributed by atoms with Crippen LogP contribution in [0.5, 0.6) is 0 Å². The highest BCUT2D eigenvalue weighted by Crippen LogP contribution is 2.09. The van der Waals surface area contributed by atoms with Crippen LogP contribution < -0.4 is 10.6 Å². The van der Waals surface area contributed by atoms with Crippen molar-refractivity contribution < 1.29 is 9.53 Å². The Balaban J connectivity index is 1.86. The maximum absolute atomic E-state index is 11.9. The van der Waals surface area contributed by atoms with Gasteiger partial charge in [-0.15, -0.1) is 0 Å². The van der Waals surface area contributed by atoms with E-state index in [2.05, 4.69) is 20.8 Å². The van der Waals surface area contributed by atoms with Gasteiger partial charge in [-0.05, 0) is 13.8 Å². The summed E-state index contributed by atoms with van der Waals surface area (Å²) in [4.78, 5) is 11.9. The van der Waals surface area contributed by atoms with Crippen molar-refractivity contribution in [3.8, 4) is 0 Å².